The molecule has 1 N–H and O–H groups in total. The van der Waals surface area contributed by atoms with Crippen molar-refractivity contribution in [2.24, 2.45) is 0 Å². The highest BCUT2D eigenvalue weighted by Crippen LogP contribution is 2.28. The number of hydrogen-bond donors (Lipinski definition) is 1. The van der Waals surface area contributed by atoms with Gasteiger partial charge < -0.3 is 19.5 Å². The molecule has 1 aromatic heterocycles. The van der Waals surface area contributed by atoms with Crippen LogP contribution in [0.1, 0.15) is 48.9 Å². The number of aromatic nitrogens is 1. The summed E-state index contributed by atoms with van der Waals surface area (Å²) in [5.74, 6) is -0.838. The molecule has 168 valence electrons. The minimum absolute atomic E-state index is 0.0693. The molecule has 0 bridgehead atoms. The average molecular weight is 450 g/mol. The van der Waals surface area contributed by atoms with Gasteiger partial charge in [-0.2, -0.15) is 0 Å². The first-order valence-corrected chi connectivity index (χ1v) is 11.0. The van der Waals surface area contributed by atoms with E-state index >= 15 is 4.39 Å². The first kappa shape index (κ1) is 23.0. The fourth-order valence-electron chi connectivity index (χ4n) is 3.46. The van der Waals surface area contributed by atoms with Crippen LogP contribution >= 0.6 is 11.3 Å². The number of nitrogens with zero attached hydrogens (tertiary/aromatic N) is 2. The van der Waals surface area contributed by atoms with Crippen molar-refractivity contribution < 1.29 is 18.7 Å². The van der Waals surface area contributed by atoms with Crippen molar-refractivity contribution in [3.05, 3.63) is 49.3 Å². The standard InChI is InChI=1S/C22H28FN3O4S/c1-13-14(2)31-21(29)26(13)11-9-18(27)24-17-7-6-15-12-25(10-8-16(15)19(17)23)20(28)30-22(3,4)5/h6-7H,8-12H2,1-5H3,(H,24,27). The molecule has 0 atom stereocenters. The zero-order valence-corrected chi connectivity index (χ0v) is 19.3. The Kier molecular flexibility index (Phi) is 6.54. The summed E-state index contributed by atoms with van der Waals surface area (Å²) in [6.07, 6.45) is -0.0163. The molecule has 0 saturated carbocycles. The van der Waals surface area contributed by atoms with Gasteiger partial charge in [0.1, 0.15) is 11.4 Å². The van der Waals surface area contributed by atoms with E-state index in [1.165, 1.54) is 6.07 Å². The summed E-state index contributed by atoms with van der Waals surface area (Å²) in [4.78, 5) is 39.0. The van der Waals surface area contributed by atoms with Gasteiger partial charge in [0.15, 0.2) is 0 Å². The molecule has 0 spiro atoms. The fourth-order valence-corrected chi connectivity index (χ4v) is 4.32. The monoisotopic (exact) mass is 449 g/mol. The number of fused-ring (bicyclic) bond motifs is 1. The zero-order valence-electron chi connectivity index (χ0n) is 18.5. The van der Waals surface area contributed by atoms with Crippen LogP contribution in [0.4, 0.5) is 14.9 Å². The number of hydrogen-bond acceptors (Lipinski definition) is 5. The van der Waals surface area contributed by atoms with Crippen molar-refractivity contribution in [2.45, 2.75) is 66.2 Å². The number of aryl methyl sites for hydroxylation is 1. The van der Waals surface area contributed by atoms with Crippen LogP contribution in [0.5, 0.6) is 0 Å². The first-order valence-electron chi connectivity index (χ1n) is 10.2. The van der Waals surface area contributed by atoms with Gasteiger partial charge in [-0.1, -0.05) is 17.4 Å². The number of anilines is 1. The lowest BCUT2D eigenvalue weighted by Gasteiger charge is -2.31. The average Bonchev–Trinajstić information content (AvgIpc) is 2.92. The molecule has 7 nitrogen and oxygen atoms in total. The third kappa shape index (κ3) is 5.33. The molecule has 2 aromatic rings. The van der Waals surface area contributed by atoms with Crippen LogP contribution in [0.15, 0.2) is 16.9 Å². The van der Waals surface area contributed by atoms with E-state index in [9.17, 15) is 14.4 Å². The maximum Gasteiger partial charge on any atom is 0.410 e. The molecule has 0 radical (unpaired) electrons. The van der Waals surface area contributed by atoms with Crippen molar-refractivity contribution >= 4 is 29.0 Å². The van der Waals surface area contributed by atoms with Gasteiger partial charge >= 0.3 is 11.0 Å². The molecule has 0 saturated heterocycles. The molecule has 9 heteroatoms. The second-order valence-electron chi connectivity index (χ2n) is 8.68. The Balaban J connectivity index is 1.65. The van der Waals surface area contributed by atoms with Crippen LogP contribution in [-0.4, -0.2) is 33.6 Å². The molecule has 2 heterocycles. The quantitative estimate of drug-likeness (QED) is 0.765. The number of nitrogens with one attached hydrogen (secondary N) is 1. The van der Waals surface area contributed by atoms with Crippen molar-refractivity contribution in [3.63, 3.8) is 0 Å². The van der Waals surface area contributed by atoms with Gasteiger partial charge in [0.2, 0.25) is 5.91 Å². The Bertz CT molecular complexity index is 1070. The lowest BCUT2D eigenvalue weighted by molar-refractivity contribution is -0.116. The summed E-state index contributed by atoms with van der Waals surface area (Å²) in [7, 11) is 0. The summed E-state index contributed by atoms with van der Waals surface area (Å²) in [5.41, 5.74) is 1.56. The van der Waals surface area contributed by atoms with Gasteiger partial charge in [0.25, 0.3) is 0 Å². The molecule has 1 aromatic carbocycles. The number of benzene rings is 1. The van der Waals surface area contributed by atoms with Crippen LogP contribution in [0.25, 0.3) is 0 Å². The van der Waals surface area contributed by atoms with Crippen molar-refractivity contribution in [2.75, 3.05) is 11.9 Å². The van der Waals surface area contributed by atoms with Gasteiger partial charge in [-0.05, 0) is 58.2 Å². The van der Waals surface area contributed by atoms with Crippen LogP contribution in [0.2, 0.25) is 0 Å². The number of carbonyl (C=O) groups excluding carboxylic acids is 2. The zero-order chi connectivity index (χ0) is 22.9. The van der Waals surface area contributed by atoms with Crippen molar-refractivity contribution in [3.8, 4) is 0 Å². The minimum Gasteiger partial charge on any atom is -0.444 e. The predicted octanol–water partition coefficient (Wildman–Crippen LogP) is 3.99. The number of amides is 2. The Hall–Kier alpha value is -2.68. The summed E-state index contributed by atoms with van der Waals surface area (Å²) in [6, 6.07) is 3.23. The Morgan fingerprint density at radius 2 is 1.97 bits per heavy atom. The number of rotatable bonds is 4. The Labute approximate surface area is 184 Å². The lowest BCUT2D eigenvalue weighted by atomic mass is 9.98. The van der Waals surface area contributed by atoms with Gasteiger partial charge in [-0.15, -0.1) is 0 Å². The third-order valence-corrected chi connectivity index (χ3v) is 6.19. The summed E-state index contributed by atoms with van der Waals surface area (Å²) < 4.78 is 22.0. The number of ether oxygens (including phenoxy) is 1. The first-order chi connectivity index (χ1) is 14.5. The smallest absolute Gasteiger partial charge is 0.410 e. The summed E-state index contributed by atoms with van der Waals surface area (Å²) in [5, 5.41) is 2.61. The molecular weight excluding hydrogens is 421 g/mol. The molecular formula is C22H28FN3O4S. The van der Waals surface area contributed by atoms with Gasteiger partial charge in [-0.3, -0.25) is 9.59 Å². The van der Waals surface area contributed by atoms with Crippen LogP contribution in [0.3, 0.4) is 0 Å². The Morgan fingerprint density at radius 1 is 1.26 bits per heavy atom. The molecule has 3 rings (SSSR count). The van der Waals surface area contributed by atoms with E-state index in [4.69, 9.17) is 4.74 Å². The highest BCUT2D eigenvalue weighted by Gasteiger charge is 2.28. The summed E-state index contributed by atoms with van der Waals surface area (Å²) >= 11 is 1.15. The van der Waals surface area contributed by atoms with E-state index in [1.807, 2.05) is 13.8 Å². The highest BCUT2D eigenvalue weighted by molar-refractivity contribution is 7.09. The third-order valence-electron chi connectivity index (χ3n) is 5.20. The minimum atomic E-state index is -0.595. The Morgan fingerprint density at radius 3 is 2.58 bits per heavy atom. The SMILES string of the molecule is Cc1sc(=O)n(CCC(=O)Nc2ccc3c(c2F)CCN(C(=O)OC(C)(C)C)C3)c1C. The van der Waals surface area contributed by atoms with E-state index in [1.54, 1.807) is 36.3 Å². The van der Waals surface area contributed by atoms with Gasteiger partial charge in [0.05, 0.1) is 5.69 Å². The van der Waals surface area contributed by atoms with Gasteiger partial charge in [0, 0.05) is 36.6 Å². The highest BCUT2D eigenvalue weighted by atomic mass is 32.1. The van der Waals surface area contributed by atoms with E-state index in [-0.39, 0.29) is 36.0 Å². The number of carbonyl (C=O) groups is 2. The normalized spacial score (nSPS) is 13.7. The predicted molar refractivity (Wildman–Crippen MR) is 118 cm³/mol. The van der Waals surface area contributed by atoms with Crippen LogP contribution in [0, 0.1) is 19.7 Å². The maximum absolute atomic E-state index is 15.0. The lowest BCUT2D eigenvalue weighted by Crippen LogP contribution is -2.40. The fraction of sp³-hybridized carbons (Fsp3) is 0.500. The topological polar surface area (TPSA) is 80.6 Å². The largest absolute Gasteiger partial charge is 0.444 e. The molecule has 0 fully saturated rings. The molecule has 0 aliphatic carbocycles. The molecule has 31 heavy (non-hydrogen) atoms. The van der Waals surface area contributed by atoms with Crippen molar-refractivity contribution in [1.29, 1.82) is 0 Å². The second-order valence-corrected chi connectivity index (χ2v) is 9.84. The van der Waals surface area contributed by atoms with E-state index in [2.05, 4.69) is 5.32 Å². The number of halogens is 1. The van der Waals surface area contributed by atoms with Crippen LogP contribution in [-0.2, 0) is 29.0 Å². The summed E-state index contributed by atoms with van der Waals surface area (Å²) in [6.45, 7) is 9.96. The molecule has 2 amide bonds. The second kappa shape index (κ2) is 8.82. The van der Waals surface area contributed by atoms with Gasteiger partial charge in [-0.25, -0.2) is 9.18 Å². The van der Waals surface area contributed by atoms with Crippen molar-refractivity contribution in [1.82, 2.24) is 9.47 Å². The van der Waals surface area contributed by atoms with E-state index in [0.717, 1.165) is 21.9 Å². The number of thiazole rings is 1. The van der Waals surface area contributed by atoms with E-state index < -0.39 is 17.5 Å². The molecule has 0 unspecified atom stereocenters. The molecule has 1 aliphatic heterocycles. The maximum atomic E-state index is 15.0. The van der Waals surface area contributed by atoms with Crippen LogP contribution < -0.4 is 10.2 Å². The van der Waals surface area contributed by atoms with E-state index in [0.29, 0.717) is 24.1 Å². The molecule has 1 aliphatic rings.